The fourth-order valence-electron chi connectivity index (χ4n) is 10.4. The van der Waals surface area contributed by atoms with Crippen molar-refractivity contribution in [3.05, 3.63) is 38.0 Å². The molecule has 0 bridgehead atoms. The van der Waals surface area contributed by atoms with E-state index in [2.05, 4.69) is 19.7 Å². The van der Waals surface area contributed by atoms with Crippen LogP contribution in [0.4, 0.5) is 0 Å². The first-order chi connectivity index (χ1) is 39.4. The first-order valence-electron chi connectivity index (χ1n) is 34.3. The van der Waals surface area contributed by atoms with E-state index >= 15 is 0 Å². The molecule has 0 saturated heterocycles. The van der Waals surface area contributed by atoms with E-state index in [0.717, 1.165) is 77.0 Å². The number of hydrogen-bond donors (Lipinski definition) is 1. The molecule has 0 unspecified atom stereocenters. The van der Waals surface area contributed by atoms with E-state index in [9.17, 15) is 19.3 Å². The number of carbonyl (C=O) groups is 3. The summed E-state index contributed by atoms with van der Waals surface area (Å²) in [6, 6.07) is 0. The Hall–Kier alpha value is -2.10. The molecule has 0 saturated carbocycles. The Balaban J connectivity index is 4.12. The Morgan fingerprint density at radius 2 is 0.338 bits per heavy atom. The molecular weight excluding hydrogens is 1020 g/mol. The van der Waals surface area contributed by atoms with Gasteiger partial charge in [-0.3, -0.25) is 0 Å². The molecule has 0 atom stereocenters. The van der Waals surface area contributed by atoms with E-state index in [0.29, 0.717) is 39.6 Å². The number of rotatable bonds is 69. The average Bonchev–Trinajstić information content (AvgIpc) is 3.46. The van der Waals surface area contributed by atoms with Gasteiger partial charge in [-0.1, -0.05) is 328 Å². The highest BCUT2D eigenvalue weighted by Gasteiger charge is 2.44. The van der Waals surface area contributed by atoms with Crippen LogP contribution in [0.15, 0.2) is 38.0 Å². The summed E-state index contributed by atoms with van der Waals surface area (Å²) >= 11 is 0. The maximum atomic E-state index is 11.4. The van der Waals surface area contributed by atoms with Gasteiger partial charge in [-0.05, 0) is 38.5 Å². The van der Waals surface area contributed by atoms with Crippen LogP contribution in [0.25, 0.3) is 0 Å². The predicted octanol–water partition coefficient (Wildman–Crippen LogP) is 22.0. The molecule has 0 aromatic heterocycles. The molecule has 0 amide bonds. The molecule has 0 radical (unpaired) electrons. The van der Waals surface area contributed by atoms with Crippen molar-refractivity contribution >= 4 is 26.1 Å². The van der Waals surface area contributed by atoms with Crippen LogP contribution in [0.5, 0.6) is 0 Å². The highest BCUT2D eigenvalue weighted by molar-refractivity contribution is 7.55. The van der Waals surface area contributed by atoms with Crippen LogP contribution in [0.3, 0.4) is 0 Å². The van der Waals surface area contributed by atoms with Crippen molar-refractivity contribution in [3.63, 3.8) is 0 Å². The minimum Gasteiger partial charge on any atom is -0.463 e. The van der Waals surface area contributed by atoms with Gasteiger partial charge >= 0.3 is 26.1 Å². The molecule has 80 heavy (non-hydrogen) atoms. The molecule has 0 aromatic carbocycles. The van der Waals surface area contributed by atoms with Crippen molar-refractivity contribution in [2.24, 2.45) is 0 Å². The quantitative estimate of drug-likeness (QED) is 0.0207. The highest BCUT2D eigenvalue weighted by atomic mass is 31.2. The maximum absolute atomic E-state index is 11.4. The predicted molar refractivity (Wildman–Crippen MR) is 340 cm³/mol. The lowest BCUT2D eigenvalue weighted by molar-refractivity contribution is -0.138. The number of carbonyl (C=O) groups excluding carboxylic acids is 3. The van der Waals surface area contributed by atoms with E-state index in [1.807, 2.05) is 0 Å². The average molecular weight is 1150 g/mol. The molecule has 0 aromatic rings. The Morgan fingerprint density at radius 3 is 0.463 bits per heavy atom. The molecule has 470 valence electrons. The Bertz CT molecular complexity index is 1190. The number of hydrogen-bond acceptors (Lipinski definition) is 10. The third kappa shape index (κ3) is 63.5. The van der Waals surface area contributed by atoms with Gasteiger partial charge in [0.05, 0.1) is 19.8 Å². The zero-order valence-electron chi connectivity index (χ0n) is 52.3. The van der Waals surface area contributed by atoms with Crippen LogP contribution in [-0.2, 0) is 42.2 Å². The van der Waals surface area contributed by atoms with Gasteiger partial charge in [0.25, 0.3) is 0 Å². The summed E-state index contributed by atoms with van der Waals surface area (Å²) in [6.07, 6.45) is 71.7. The monoisotopic (exact) mass is 1150 g/mol. The van der Waals surface area contributed by atoms with Gasteiger partial charge in [-0.2, -0.15) is 18.5 Å². The van der Waals surface area contributed by atoms with Gasteiger partial charge < -0.3 is 14.2 Å². The van der Waals surface area contributed by atoms with E-state index in [1.165, 1.54) is 288 Å². The zero-order valence-corrected chi connectivity index (χ0v) is 53.2. The lowest BCUT2D eigenvalue weighted by Gasteiger charge is -2.15. The van der Waals surface area contributed by atoms with Crippen LogP contribution in [0.1, 0.15) is 347 Å². The molecule has 0 heterocycles. The molecule has 0 rings (SSSR count). The standard InChI is InChI=1S/C69H130O10P/c1-4-67(70)74-61-55-49-43-37-31-25-19-13-7-10-16-22-28-34-40-46-52-58-64-77-80(73,78-65-59-53-47-41-35-29-23-17-11-8-14-20-26-32-38-44-50-56-62-75-68(71)5-2)79-66-60-54-48-42-36-30-24-18-12-9-15-21-27-33-39-45-51-57-63-76-69(72)6-3/h4-6,73H,1-3,7-66H2/q+1. The SMILES string of the molecule is C=CC(=O)OCCCCCCCCCCCCCCCCCCCCO[P+](O)(OCCCCCCCCCCCCCCCCCCCCOC(=O)C=C)OCCCCCCCCCCCCCCCCCCCCOC(=O)C=C. The summed E-state index contributed by atoms with van der Waals surface area (Å²) in [5.74, 6) is -0.945. The van der Waals surface area contributed by atoms with E-state index < -0.39 is 8.17 Å². The van der Waals surface area contributed by atoms with Crippen molar-refractivity contribution in [2.75, 3.05) is 39.6 Å². The van der Waals surface area contributed by atoms with E-state index in [-0.39, 0.29) is 17.9 Å². The minimum atomic E-state index is -3.31. The van der Waals surface area contributed by atoms with Crippen LogP contribution < -0.4 is 0 Å². The van der Waals surface area contributed by atoms with Crippen molar-refractivity contribution < 1.29 is 47.1 Å². The molecule has 10 nitrogen and oxygen atoms in total. The Kier molecular flexibility index (Phi) is 64.3. The second kappa shape index (κ2) is 66.0. The zero-order chi connectivity index (χ0) is 58.0. The molecule has 0 aliphatic carbocycles. The lowest BCUT2D eigenvalue weighted by atomic mass is 10.0. The summed E-state index contributed by atoms with van der Waals surface area (Å²) < 4.78 is 33.3. The van der Waals surface area contributed by atoms with Crippen molar-refractivity contribution in [2.45, 2.75) is 347 Å². The van der Waals surface area contributed by atoms with Crippen molar-refractivity contribution in [3.8, 4) is 0 Å². The largest absolute Gasteiger partial charge is 0.572 e. The maximum Gasteiger partial charge on any atom is 0.572 e. The summed E-state index contributed by atoms with van der Waals surface area (Å²) in [5.41, 5.74) is 0. The third-order valence-electron chi connectivity index (χ3n) is 15.6. The first-order valence-corrected chi connectivity index (χ1v) is 35.8. The molecule has 0 spiro atoms. The molecule has 1 N–H and O–H groups in total. The van der Waals surface area contributed by atoms with Gasteiger partial charge in [0.1, 0.15) is 19.8 Å². The molecule has 0 aliphatic heterocycles. The third-order valence-corrected chi connectivity index (χ3v) is 17.1. The number of unbranched alkanes of at least 4 members (excludes halogenated alkanes) is 51. The van der Waals surface area contributed by atoms with Crippen LogP contribution in [0.2, 0.25) is 0 Å². The van der Waals surface area contributed by atoms with Gasteiger partial charge in [-0.15, -0.1) is 0 Å². The van der Waals surface area contributed by atoms with Crippen LogP contribution >= 0.6 is 8.17 Å². The Labute approximate surface area is 495 Å². The second-order valence-corrected chi connectivity index (χ2v) is 24.9. The smallest absolute Gasteiger partial charge is 0.463 e. The van der Waals surface area contributed by atoms with E-state index in [1.54, 1.807) is 0 Å². The second-order valence-electron chi connectivity index (χ2n) is 23.2. The summed E-state index contributed by atoms with van der Waals surface area (Å²) in [4.78, 5) is 44.7. The lowest BCUT2D eigenvalue weighted by Crippen LogP contribution is -2.10. The normalized spacial score (nSPS) is 11.5. The van der Waals surface area contributed by atoms with Crippen LogP contribution in [0, 0.1) is 0 Å². The van der Waals surface area contributed by atoms with Gasteiger partial charge in [0.2, 0.25) is 0 Å². The molecule has 0 aliphatic rings. The highest BCUT2D eigenvalue weighted by Crippen LogP contribution is 2.58. The van der Waals surface area contributed by atoms with E-state index in [4.69, 9.17) is 27.8 Å². The summed E-state index contributed by atoms with van der Waals surface area (Å²) in [7, 11) is -3.31. The van der Waals surface area contributed by atoms with Crippen LogP contribution in [-0.4, -0.2) is 62.4 Å². The van der Waals surface area contributed by atoms with Crippen molar-refractivity contribution in [1.82, 2.24) is 0 Å². The minimum absolute atomic E-state index is 0.315. The van der Waals surface area contributed by atoms with Crippen molar-refractivity contribution in [1.29, 1.82) is 0 Å². The summed E-state index contributed by atoms with van der Waals surface area (Å²) in [5, 5.41) is 0. The fraction of sp³-hybridized carbons (Fsp3) is 0.870. The number of ether oxygens (including phenoxy) is 3. The number of esters is 3. The van der Waals surface area contributed by atoms with Gasteiger partial charge in [0, 0.05) is 18.2 Å². The first kappa shape index (κ1) is 77.9. The summed E-state index contributed by atoms with van der Waals surface area (Å²) in [6.45, 7) is 13.3. The fourth-order valence-corrected chi connectivity index (χ4v) is 11.7. The topological polar surface area (TPSA) is 127 Å². The molecule has 11 heteroatoms. The molecule has 0 fully saturated rings. The van der Waals surface area contributed by atoms with Gasteiger partial charge in [-0.25, -0.2) is 14.4 Å². The van der Waals surface area contributed by atoms with Gasteiger partial charge in [0.15, 0.2) is 0 Å². The molecular formula is C69H130O10P+. The Morgan fingerprint density at radius 1 is 0.225 bits per heavy atom.